The predicted molar refractivity (Wildman–Crippen MR) is 61.7 cm³/mol. The van der Waals surface area contributed by atoms with E-state index in [0.29, 0.717) is 6.29 Å². The number of rotatable bonds is 3. The van der Waals surface area contributed by atoms with Crippen molar-refractivity contribution in [3.8, 4) is 17.0 Å². The zero-order chi connectivity index (χ0) is 14.8. The predicted octanol–water partition coefficient (Wildman–Crippen LogP) is 3.60. The van der Waals surface area contributed by atoms with Gasteiger partial charge in [-0.2, -0.15) is 0 Å². The summed E-state index contributed by atoms with van der Waals surface area (Å²) >= 11 is 0. The van der Waals surface area contributed by atoms with E-state index in [9.17, 15) is 22.4 Å². The number of carbonyl (C=O) groups is 1. The number of hydrogen-bond donors (Lipinski definition) is 0. The van der Waals surface area contributed by atoms with Crippen molar-refractivity contribution in [2.45, 2.75) is 6.36 Å². The van der Waals surface area contributed by atoms with E-state index in [4.69, 9.17) is 0 Å². The van der Waals surface area contributed by atoms with Crippen molar-refractivity contribution in [3.05, 3.63) is 47.9 Å². The Bertz CT molecular complexity index is 641. The fourth-order valence-electron chi connectivity index (χ4n) is 1.59. The Morgan fingerprint density at radius 2 is 1.80 bits per heavy atom. The average Bonchev–Trinajstić information content (AvgIpc) is 2.38. The molecule has 0 atom stereocenters. The monoisotopic (exact) mass is 285 g/mol. The van der Waals surface area contributed by atoms with E-state index in [1.807, 2.05) is 0 Å². The van der Waals surface area contributed by atoms with Crippen LogP contribution in [0.25, 0.3) is 11.3 Å². The van der Waals surface area contributed by atoms with E-state index in [2.05, 4.69) is 9.72 Å². The lowest BCUT2D eigenvalue weighted by Gasteiger charge is -2.13. The molecule has 0 amide bonds. The molecular formula is C13H7F4NO2. The van der Waals surface area contributed by atoms with Crippen LogP contribution in [0.15, 0.2) is 36.4 Å². The van der Waals surface area contributed by atoms with Crippen molar-refractivity contribution in [1.82, 2.24) is 4.98 Å². The maximum absolute atomic E-state index is 13.7. The van der Waals surface area contributed by atoms with Crippen LogP contribution in [0.2, 0.25) is 0 Å². The van der Waals surface area contributed by atoms with E-state index >= 15 is 0 Å². The largest absolute Gasteiger partial charge is 0.573 e. The van der Waals surface area contributed by atoms with E-state index in [-0.39, 0.29) is 17.0 Å². The summed E-state index contributed by atoms with van der Waals surface area (Å²) in [5, 5.41) is 0. The molecule has 0 saturated carbocycles. The third-order valence-corrected chi connectivity index (χ3v) is 2.36. The molecule has 3 nitrogen and oxygen atoms in total. The fourth-order valence-corrected chi connectivity index (χ4v) is 1.59. The van der Waals surface area contributed by atoms with Crippen molar-refractivity contribution >= 4 is 6.29 Å². The van der Waals surface area contributed by atoms with Crippen LogP contribution in [-0.4, -0.2) is 17.6 Å². The van der Waals surface area contributed by atoms with Gasteiger partial charge in [-0.05, 0) is 24.3 Å². The van der Waals surface area contributed by atoms with Gasteiger partial charge in [-0.15, -0.1) is 13.2 Å². The molecule has 7 heteroatoms. The van der Waals surface area contributed by atoms with Crippen molar-refractivity contribution in [2.24, 2.45) is 0 Å². The standard InChI is InChI=1S/C13H7F4NO2/c14-10-6-5-8(7-19)18-12(10)9-3-1-2-4-11(9)20-13(15,16)17/h1-7H. The van der Waals surface area contributed by atoms with Gasteiger partial charge in [0.25, 0.3) is 0 Å². The van der Waals surface area contributed by atoms with E-state index < -0.39 is 17.9 Å². The van der Waals surface area contributed by atoms with Crippen molar-refractivity contribution < 1.29 is 27.1 Å². The highest BCUT2D eigenvalue weighted by Gasteiger charge is 2.32. The van der Waals surface area contributed by atoms with Crippen LogP contribution in [0.4, 0.5) is 17.6 Å². The van der Waals surface area contributed by atoms with Gasteiger partial charge in [0.2, 0.25) is 0 Å². The lowest BCUT2D eigenvalue weighted by atomic mass is 10.1. The number of nitrogens with zero attached hydrogens (tertiary/aromatic N) is 1. The molecule has 0 aliphatic heterocycles. The van der Waals surface area contributed by atoms with E-state index in [1.165, 1.54) is 18.2 Å². The molecule has 0 unspecified atom stereocenters. The first-order valence-corrected chi connectivity index (χ1v) is 5.37. The number of alkyl halides is 3. The van der Waals surface area contributed by atoms with Crippen molar-refractivity contribution in [3.63, 3.8) is 0 Å². The summed E-state index contributed by atoms with van der Waals surface area (Å²) in [6.45, 7) is 0. The number of pyridine rings is 1. The Morgan fingerprint density at radius 1 is 1.10 bits per heavy atom. The summed E-state index contributed by atoms with van der Waals surface area (Å²) in [4.78, 5) is 14.3. The molecule has 0 aliphatic carbocycles. The molecule has 1 aromatic carbocycles. The molecule has 0 saturated heterocycles. The SMILES string of the molecule is O=Cc1ccc(F)c(-c2ccccc2OC(F)(F)F)n1. The van der Waals surface area contributed by atoms with Gasteiger partial charge in [0.05, 0.1) is 0 Å². The summed E-state index contributed by atoms with van der Waals surface area (Å²) in [5.41, 5.74) is -0.663. The van der Waals surface area contributed by atoms with Gasteiger partial charge in [0.1, 0.15) is 23.0 Å². The number of benzene rings is 1. The fraction of sp³-hybridized carbons (Fsp3) is 0.0769. The lowest BCUT2D eigenvalue weighted by molar-refractivity contribution is -0.274. The second kappa shape index (κ2) is 5.28. The van der Waals surface area contributed by atoms with Crippen LogP contribution in [0, 0.1) is 5.82 Å². The smallest absolute Gasteiger partial charge is 0.405 e. The van der Waals surface area contributed by atoms with Gasteiger partial charge in [0.15, 0.2) is 6.29 Å². The van der Waals surface area contributed by atoms with E-state index in [1.54, 1.807) is 0 Å². The quantitative estimate of drug-likeness (QED) is 0.639. The summed E-state index contributed by atoms with van der Waals surface area (Å²) in [7, 11) is 0. The highest BCUT2D eigenvalue weighted by atomic mass is 19.4. The Balaban J connectivity index is 2.55. The zero-order valence-electron chi connectivity index (χ0n) is 9.82. The molecule has 0 fully saturated rings. The minimum Gasteiger partial charge on any atom is -0.405 e. The third kappa shape index (κ3) is 3.11. The van der Waals surface area contributed by atoms with Crippen LogP contribution in [0.1, 0.15) is 10.5 Å². The van der Waals surface area contributed by atoms with Crippen LogP contribution >= 0.6 is 0 Å². The average molecular weight is 285 g/mol. The minimum atomic E-state index is -4.91. The Hall–Kier alpha value is -2.44. The molecule has 0 spiro atoms. The van der Waals surface area contributed by atoms with Crippen molar-refractivity contribution in [2.75, 3.05) is 0 Å². The molecule has 2 rings (SSSR count). The van der Waals surface area contributed by atoms with Gasteiger partial charge in [-0.25, -0.2) is 9.37 Å². The Labute approximate surface area is 110 Å². The highest BCUT2D eigenvalue weighted by molar-refractivity contribution is 5.75. The summed E-state index contributed by atoms with van der Waals surface area (Å²) in [6, 6.07) is 7.06. The van der Waals surface area contributed by atoms with Gasteiger partial charge >= 0.3 is 6.36 Å². The number of carbonyl (C=O) groups excluding carboxylic acids is 1. The van der Waals surface area contributed by atoms with Gasteiger partial charge in [0, 0.05) is 5.56 Å². The number of aldehydes is 1. The summed E-state index contributed by atoms with van der Waals surface area (Å²) in [5.74, 6) is -1.44. The molecular weight excluding hydrogens is 278 g/mol. The first kappa shape index (κ1) is 14.0. The number of ether oxygens (including phenoxy) is 1. The minimum absolute atomic E-state index is 0.0942. The molecule has 0 bridgehead atoms. The van der Waals surface area contributed by atoms with E-state index in [0.717, 1.165) is 18.2 Å². The maximum Gasteiger partial charge on any atom is 0.573 e. The first-order chi connectivity index (χ1) is 9.40. The number of para-hydroxylation sites is 1. The lowest BCUT2D eigenvalue weighted by Crippen LogP contribution is -2.17. The third-order valence-electron chi connectivity index (χ3n) is 2.36. The number of hydrogen-bond acceptors (Lipinski definition) is 3. The van der Waals surface area contributed by atoms with Crippen LogP contribution in [0.3, 0.4) is 0 Å². The molecule has 20 heavy (non-hydrogen) atoms. The zero-order valence-corrected chi connectivity index (χ0v) is 9.82. The maximum atomic E-state index is 13.7. The topological polar surface area (TPSA) is 39.2 Å². The van der Waals surface area contributed by atoms with Gasteiger partial charge < -0.3 is 4.74 Å². The first-order valence-electron chi connectivity index (χ1n) is 5.37. The summed E-state index contributed by atoms with van der Waals surface area (Å²) in [6.07, 6.45) is -4.54. The second-order valence-electron chi connectivity index (χ2n) is 3.73. The molecule has 1 heterocycles. The molecule has 104 valence electrons. The second-order valence-corrected chi connectivity index (χ2v) is 3.73. The van der Waals surface area contributed by atoms with Crippen LogP contribution < -0.4 is 4.74 Å². The van der Waals surface area contributed by atoms with Crippen LogP contribution in [0.5, 0.6) is 5.75 Å². The summed E-state index contributed by atoms with van der Waals surface area (Å²) < 4.78 is 54.4. The molecule has 0 radical (unpaired) electrons. The van der Waals surface area contributed by atoms with Gasteiger partial charge in [-0.3, -0.25) is 4.79 Å². The van der Waals surface area contributed by atoms with Crippen LogP contribution in [-0.2, 0) is 0 Å². The highest BCUT2D eigenvalue weighted by Crippen LogP contribution is 2.33. The van der Waals surface area contributed by atoms with Gasteiger partial charge in [-0.1, -0.05) is 12.1 Å². The molecule has 0 N–H and O–H groups in total. The Morgan fingerprint density at radius 3 is 2.45 bits per heavy atom. The molecule has 0 aliphatic rings. The van der Waals surface area contributed by atoms with Crippen molar-refractivity contribution in [1.29, 1.82) is 0 Å². The molecule has 1 aromatic heterocycles. The molecule has 2 aromatic rings. The number of aromatic nitrogens is 1. The normalized spacial score (nSPS) is 11.2. The Kier molecular flexibility index (Phi) is 3.69. The number of halogens is 4.